The number of rotatable bonds is 8. The van der Waals surface area contributed by atoms with Crippen molar-refractivity contribution in [2.24, 2.45) is 4.99 Å². The van der Waals surface area contributed by atoms with Gasteiger partial charge in [0, 0.05) is 30.2 Å². The van der Waals surface area contributed by atoms with E-state index >= 15 is 0 Å². The number of aryl methyl sites for hydroxylation is 2. The van der Waals surface area contributed by atoms with Crippen molar-refractivity contribution in [2.45, 2.75) is 52.0 Å². The third-order valence-electron chi connectivity index (χ3n) is 5.23. The number of benzene rings is 2. The first kappa shape index (κ1) is 24.6. The van der Waals surface area contributed by atoms with E-state index in [0.29, 0.717) is 35.0 Å². The second-order valence-electron chi connectivity index (χ2n) is 7.49. The van der Waals surface area contributed by atoms with Crippen molar-refractivity contribution < 1.29 is 13.2 Å². The topological polar surface area (TPSA) is 71.7 Å². The monoisotopic (exact) mass is 493 g/mol. The molecule has 0 atom stereocenters. The number of fused-ring (bicyclic) bond motifs is 1. The second kappa shape index (κ2) is 10.3. The zero-order valence-electron chi connectivity index (χ0n) is 18.8. The van der Waals surface area contributed by atoms with Crippen LogP contribution < -0.4 is 4.80 Å². The van der Waals surface area contributed by atoms with E-state index in [-0.39, 0.29) is 4.90 Å². The van der Waals surface area contributed by atoms with Crippen molar-refractivity contribution in [1.29, 1.82) is 0 Å². The Labute approximate surface area is 198 Å². The molecule has 32 heavy (non-hydrogen) atoms. The Balaban J connectivity index is 1.96. The van der Waals surface area contributed by atoms with Crippen molar-refractivity contribution in [3.05, 3.63) is 57.3 Å². The average Bonchev–Trinajstić information content (AvgIpc) is 3.13. The molecule has 1 aromatic heterocycles. The fourth-order valence-corrected chi connectivity index (χ4v) is 6.54. The van der Waals surface area contributed by atoms with Crippen LogP contribution in [0.1, 0.15) is 49.5 Å². The van der Waals surface area contributed by atoms with Gasteiger partial charge in [-0.3, -0.25) is 4.79 Å². The molecular weight excluding hydrogens is 466 g/mol. The quantitative estimate of drug-likeness (QED) is 0.431. The Bertz CT molecular complexity index is 1290. The van der Waals surface area contributed by atoms with Gasteiger partial charge >= 0.3 is 0 Å². The summed E-state index contributed by atoms with van der Waals surface area (Å²) in [6.45, 7) is 9.44. The van der Waals surface area contributed by atoms with E-state index < -0.39 is 15.9 Å². The van der Waals surface area contributed by atoms with Gasteiger partial charge in [-0.05, 0) is 68.7 Å². The molecule has 9 heteroatoms. The van der Waals surface area contributed by atoms with Gasteiger partial charge in [0.25, 0.3) is 5.91 Å². The predicted molar refractivity (Wildman–Crippen MR) is 131 cm³/mol. The third-order valence-corrected chi connectivity index (χ3v) is 8.59. The molecule has 172 valence electrons. The molecule has 0 saturated carbocycles. The van der Waals surface area contributed by atoms with Gasteiger partial charge in [0.05, 0.1) is 15.1 Å². The molecule has 6 nitrogen and oxygen atoms in total. The molecule has 0 aliphatic carbocycles. The van der Waals surface area contributed by atoms with Gasteiger partial charge in [-0.1, -0.05) is 36.8 Å². The summed E-state index contributed by atoms with van der Waals surface area (Å²) < 4.78 is 30.3. The molecular formula is C23H28ClN3O3S2. The second-order valence-corrected chi connectivity index (χ2v) is 10.8. The maximum Gasteiger partial charge on any atom is 0.279 e. The summed E-state index contributed by atoms with van der Waals surface area (Å²) in [4.78, 5) is 18.0. The molecule has 3 aromatic rings. The highest BCUT2D eigenvalue weighted by atomic mass is 35.5. The lowest BCUT2D eigenvalue weighted by molar-refractivity contribution is 0.0997. The van der Waals surface area contributed by atoms with E-state index in [0.717, 1.165) is 28.6 Å². The van der Waals surface area contributed by atoms with Crippen LogP contribution in [-0.4, -0.2) is 36.3 Å². The lowest BCUT2D eigenvalue weighted by atomic mass is 10.2. The van der Waals surface area contributed by atoms with Crippen LogP contribution in [0.25, 0.3) is 10.2 Å². The highest BCUT2D eigenvalue weighted by Crippen LogP contribution is 2.27. The number of carbonyl (C=O) groups excluding carboxylic acids is 1. The highest BCUT2D eigenvalue weighted by Gasteiger charge is 2.23. The number of carbonyl (C=O) groups is 1. The Morgan fingerprint density at radius 1 is 1.06 bits per heavy atom. The summed E-state index contributed by atoms with van der Waals surface area (Å²) in [6.07, 6.45) is 1.48. The molecule has 0 spiro atoms. The van der Waals surface area contributed by atoms with Crippen LogP contribution in [-0.2, 0) is 16.6 Å². The lowest BCUT2D eigenvalue weighted by Crippen LogP contribution is -2.32. The molecule has 3 rings (SSSR count). The van der Waals surface area contributed by atoms with Crippen molar-refractivity contribution >= 4 is 49.1 Å². The average molecular weight is 494 g/mol. The smallest absolute Gasteiger partial charge is 0.279 e. The molecule has 1 heterocycles. The molecule has 0 unspecified atom stereocenters. The molecule has 0 bridgehead atoms. The molecule has 0 aliphatic rings. The Morgan fingerprint density at radius 3 is 2.25 bits per heavy atom. The number of hydrogen-bond acceptors (Lipinski definition) is 4. The van der Waals surface area contributed by atoms with Gasteiger partial charge in [0.15, 0.2) is 4.80 Å². The zero-order chi connectivity index (χ0) is 23.5. The molecule has 0 aliphatic heterocycles. The predicted octanol–water partition coefficient (Wildman–Crippen LogP) is 5.24. The lowest BCUT2D eigenvalue weighted by Gasteiger charge is -2.21. The van der Waals surface area contributed by atoms with Crippen molar-refractivity contribution in [3.8, 4) is 0 Å². The van der Waals surface area contributed by atoms with Crippen molar-refractivity contribution in [2.75, 3.05) is 13.1 Å². The van der Waals surface area contributed by atoms with Crippen LogP contribution in [0, 0.1) is 6.92 Å². The van der Waals surface area contributed by atoms with Crippen molar-refractivity contribution in [3.63, 3.8) is 0 Å². The highest BCUT2D eigenvalue weighted by molar-refractivity contribution is 7.89. The van der Waals surface area contributed by atoms with Gasteiger partial charge in [-0.25, -0.2) is 8.42 Å². The van der Waals surface area contributed by atoms with Crippen LogP contribution in [0.3, 0.4) is 0 Å². The number of aromatic nitrogens is 1. The SMILES string of the molecule is CCCN(CCC)S(=O)(=O)c1ccc(C(=O)N=c2sc3ccc(Cl)c(C)c3n2CC)cc1. The summed E-state index contributed by atoms with van der Waals surface area (Å²) >= 11 is 7.71. The van der Waals surface area contributed by atoms with Crippen LogP contribution >= 0.6 is 22.9 Å². The normalized spacial score (nSPS) is 12.8. The van der Waals surface area contributed by atoms with E-state index in [1.165, 1.54) is 39.9 Å². The summed E-state index contributed by atoms with van der Waals surface area (Å²) in [5, 5.41) is 0.673. The maximum atomic E-state index is 12.9. The number of halogens is 1. The van der Waals surface area contributed by atoms with E-state index in [1.54, 1.807) is 0 Å². The van der Waals surface area contributed by atoms with Gasteiger partial charge in [-0.2, -0.15) is 9.30 Å². The molecule has 0 saturated heterocycles. The van der Waals surface area contributed by atoms with Gasteiger partial charge in [0.2, 0.25) is 10.0 Å². The molecule has 0 radical (unpaired) electrons. The maximum absolute atomic E-state index is 12.9. The minimum absolute atomic E-state index is 0.187. The number of amides is 1. The third kappa shape index (κ3) is 4.83. The minimum atomic E-state index is -3.59. The van der Waals surface area contributed by atoms with Crippen LogP contribution in [0.15, 0.2) is 46.3 Å². The molecule has 0 fully saturated rings. The first-order valence-corrected chi connectivity index (χ1v) is 13.4. The van der Waals surface area contributed by atoms with Crippen LogP contribution in [0.2, 0.25) is 5.02 Å². The standard InChI is InChI=1S/C23H28ClN3O3S2/c1-5-14-26(15-6-2)32(29,30)18-10-8-17(9-11-18)22(28)25-23-27(7-3)21-16(4)19(24)12-13-20(21)31-23/h8-13H,5-7,14-15H2,1-4H3. The summed E-state index contributed by atoms with van der Waals surface area (Å²) in [5.41, 5.74) is 2.27. The van der Waals surface area contributed by atoms with Gasteiger partial charge < -0.3 is 4.57 Å². The molecule has 0 N–H and O–H groups in total. The van der Waals surface area contributed by atoms with Gasteiger partial charge in [0.1, 0.15) is 0 Å². The van der Waals surface area contributed by atoms with E-state index in [2.05, 4.69) is 4.99 Å². The Kier molecular flexibility index (Phi) is 7.92. The Morgan fingerprint density at radius 2 is 1.69 bits per heavy atom. The molecule has 1 amide bonds. The van der Waals surface area contributed by atoms with E-state index in [4.69, 9.17) is 11.6 Å². The first-order chi connectivity index (χ1) is 15.2. The fraction of sp³-hybridized carbons (Fsp3) is 0.391. The zero-order valence-corrected chi connectivity index (χ0v) is 21.1. The van der Waals surface area contributed by atoms with E-state index in [1.807, 2.05) is 44.4 Å². The number of thiazole rings is 1. The largest absolute Gasteiger partial charge is 0.316 e. The Hall–Kier alpha value is -2.00. The molecule has 2 aromatic carbocycles. The van der Waals surface area contributed by atoms with Crippen LogP contribution in [0.5, 0.6) is 0 Å². The number of hydrogen-bond donors (Lipinski definition) is 0. The van der Waals surface area contributed by atoms with Crippen LogP contribution in [0.4, 0.5) is 0 Å². The summed E-state index contributed by atoms with van der Waals surface area (Å²) in [6, 6.07) is 9.81. The summed E-state index contributed by atoms with van der Waals surface area (Å²) in [7, 11) is -3.59. The fourth-order valence-electron chi connectivity index (χ4n) is 3.62. The number of sulfonamides is 1. The van der Waals surface area contributed by atoms with Gasteiger partial charge in [-0.15, -0.1) is 0 Å². The van der Waals surface area contributed by atoms with E-state index in [9.17, 15) is 13.2 Å². The summed E-state index contributed by atoms with van der Waals surface area (Å²) in [5.74, 6) is -0.412. The first-order valence-electron chi connectivity index (χ1n) is 10.7. The minimum Gasteiger partial charge on any atom is -0.316 e. The number of nitrogens with zero attached hydrogens (tertiary/aromatic N) is 3. The van der Waals surface area contributed by atoms with Crippen molar-refractivity contribution in [1.82, 2.24) is 8.87 Å².